The van der Waals surface area contributed by atoms with Gasteiger partial charge in [0.1, 0.15) is 4.88 Å². The van der Waals surface area contributed by atoms with Gasteiger partial charge >= 0.3 is 0 Å². The van der Waals surface area contributed by atoms with Gasteiger partial charge in [-0.3, -0.25) is 4.79 Å². The van der Waals surface area contributed by atoms with Crippen LogP contribution in [0.2, 0.25) is 0 Å². The van der Waals surface area contributed by atoms with E-state index in [9.17, 15) is 4.79 Å². The van der Waals surface area contributed by atoms with Crippen LogP contribution in [0.25, 0.3) is 10.1 Å². The second kappa shape index (κ2) is 6.36. The Hall–Kier alpha value is -1.07. The minimum absolute atomic E-state index is 0.0598. The highest BCUT2D eigenvalue weighted by molar-refractivity contribution is 9.10. The molecule has 1 aromatic carbocycles. The van der Waals surface area contributed by atoms with Crippen molar-refractivity contribution in [3.63, 3.8) is 0 Å². The molecule has 0 fully saturated rings. The number of benzene rings is 1. The van der Waals surface area contributed by atoms with Crippen molar-refractivity contribution < 1.29 is 4.79 Å². The quantitative estimate of drug-likeness (QED) is 0.784. The molecule has 0 aliphatic heterocycles. The number of hydrogen-bond acceptors (Lipinski definition) is 3. The fourth-order valence-electron chi connectivity index (χ4n) is 2.57. The van der Waals surface area contributed by atoms with Crippen LogP contribution < -0.4 is 11.1 Å². The van der Waals surface area contributed by atoms with Gasteiger partial charge < -0.3 is 11.1 Å². The first kappa shape index (κ1) is 16.3. The summed E-state index contributed by atoms with van der Waals surface area (Å²) in [6, 6.07) is 5.90. The van der Waals surface area contributed by atoms with Crippen molar-refractivity contribution >= 4 is 48.9 Å². The molecule has 0 aliphatic rings. The predicted octanol–water partition coefficient (Wildman–Crippen LogP) is 4.94. The summed E-state index contributed by atoms with van der Waals surface area (Å²) < 4.78 is 2.02. The average molecular weight is 369 g/mol. The van der Waals surface area contributed by atoms with Crippen LogP contribution in [-0.2, 0) is 0 Å². The third kappa shape index (κ3) is 3.09. The van der Waals surface area contributed by atoms with Gasteiger partial charge in [0, 0.05) is 20.1 Å². The van der Waals surface area contributed by atoms with Crippen molar-refractivity contribution in [2.75, 3.05) is 5.73 Å². The van der Waals surface area contributed by atoms with Crippen LogP contribution in [0, 0.1) is 0 Å². The molecule has 3 N–H and O–H groups in total. The Bertz CT molecular complexity index is 653. The lowest BCUT2D eigenvalue weighted by molar-refractivity contribution is 0.0893. The summed E-state index contributed by atoms with van der Waals surface area (Å²) in [6.07, 6.45) is 2.76. The van der Waals surface area contributed by atoms with Crippen LogP contribution in [0.1, 0.15) is 49.7 Å². The Balaban J connectivity index is 2.37. The van der Waals surface area contributed by atoms with E-state index in [1.165, 1.54) is 11.3 Å². The van der Waals surface area contributed by atoms with Crippen LogP contribution in [0.15, 0.2) is 22.7 Å². The third-order valence-corrected chi connectivity index (χ3v) is 5.97. The number of fused-ring (bicyclic) bond motifs is 1. The number of carbonyl (C=O) groups is 1. The van der Waals surface area contributed by atoms with Crippen molar-refractivity contribution in [3.8, 4) is 0 Å². The summed E-state index contributed by atoms with van der Waals surface area (Å²) in [6.45, 7) is 6.33. The highest BCUT2D eigenvalue weighted by Crippen LogP contribution is 2.35. The van der Waals surface area contributed by atoms with Gasteiger partial charge in [0.2, 0.25) is 0 Å². The summed E-state index contributed by atoms with van der Waals surface area (Å²) in [5.74, 6) is -0.0598. The van der Waals surface area contributed by atoms with E-state index in [0.29, 0.717) is 10.6 Å². The van der Waals surface area contributed by atoms with E-state index in [1.54, 1.807) is 0 Å². The normalized spacial score (nSPS) is 11.8. The summed E-state index contributed by atoms with van der Waals surface area (Å²) in [5.41, 5.74) is 6.61. The maximum Gasteiger partial charge on any atom is 0.263 e. The van der Waals surface area contributed by atoms with Crippen LogP contribution in [0.5, 0.6) is 0 Å². The van der Waals surface area contributed by atoms with E-state index in [2.05, 4.69) is 42.0 Å². The van der Waals surface area contributed by atoms with E-state index in [0.717, 1.165) is 33.8 Å². The third-order valence-electron chi connectivity index (χ3n) is 4.31. The van der Waals surface area contributed by atoms with Crippen LogP contribution in [0.4, 0.5) is 5.69 Å². The van der Waals surface area contributed by atoms with Crippen LogP contribution in [0.3, 0.4) is 0 Å². The Morgan fingerprint density at radius 2 is 1.90 bits per heavy atom. The topological polar surface area (TPSA) is 55.1 Å². The van der Waals surface area contributed by atoms with Crippen molar-refractivity contribution in [3.05, 3.63) is 27.5 Å². The van der Waals surface area contributed by atoms with Crippen molar-refractivity contribution in [2.45, 2.75) is 45.6 Å². The molecule has 0 bridgehead atoms. The minimum atomic E-state index is -0.139. The number of nitrogens with two attached hydrogens (primary N) is 1. The lowest BCUT2D eigenvalue weighted by Gasteiger charge is -2.31. The highest BCUT2D eigenvalue weighted by atomic mass is 79.9. The zero-order chi connectivity index (χ0) is 15.6. The fraction of sp³-hybridized carbons (Fsp3) is 0.438. The number of thiophene rings is 1. The Kier molecular flexibility index (Phi) is 4.94. The number of nitrogen functional groups attached to an aromatic ring is 1. The molecule has 0 aliphatic carbocycles. The smallest absolute Gasteiger partial charge is 0.263 e. The monoisotopic (exact) mass is 368 g/mol. The molecule has 1 amide bonds. The molecule has 0 atom stereocenters. The zero-order valence-electron chi connectivity index (χ0n) is 12.6. The molecule has 5 heteroatoms. The van der Waals surface area contributed by atoms with Gasteiger partial charge in [-0.1, -0.05) is 42.8 Å². The minimum Gasteiger partial charge on any atom is -0.397 e. The second-order valence-electron chi connectivity index (χ2n) is 5.28. The van der Waals surface area contributed by atoms with Gasteiger partial charge in [0.25, 0.3) is 5.91 Å². The standard InChI is InChI=1S/C16H21BrN2OS/c1-4-16(5-2,6-3)19-15(20)14-13(18)11-8-7-10(17)9-12(11)21-14/h7-9H,4-6,18H2,1-3H3,(H,19,20). The number of amides is 1. The molecule has 2 aromatic rings. The molecule has 114 valence electrons. The van der Waals surface area contributed by atoms with Gasteiger partial charge in [-0.15, -0.1) is 11.3 Å². The van der Waals surface area contributed by atoms with Crippen LogP contribution >= 0.6 is 27.3 Å². The number of rotatable bonds is 5. The molecule has 3 nitrogen and oxygen atoms in total. The summed E-state index contributed by atoms with van der Waals surface area (Å²) >= 11 is 4.90. The SMILES string of the molecule is CCC(CC)(CC)NC(=O)c1sc2cc(Br)ccc2c1N. The van der Waals surface area contributed by atoms with Crippen molar-refractivity contribution in [2.24, 2.45) is 0 Å². The van der Waals surface area contributed by atoms with Gasteiger partial charge in [-0.05, 0) is 31.4 Å². The van der Waals surface area contributed by atoms with E-state index < -0.39 is 0 Å². The molecule has 1 aromatic heterocycles. The first-order valence-electron chi connectivity index (χ1n) is 7.26. The molecule has 1 heterocycles. The Morgan fingerprint density at radius 3 is 2.48 bits per heavy atom. The predicted molar refractivity (Wildman–Crippen MR) is 95.0 cm³/mol. The van der Waals surface area contributed by atoms with Gasteiger partial charge in [-0.2, -0.15) is 0 Å². The summed E-state index contributed by atoms with van der Waals surface area (Å²) in [7, 11) is 0. The Labute approximate surface area is 138 Å². The number of anilines is 1. The van der Waals surface area contributed by atoms with E-state index in [-0.39, 0.29) is 11.4 Å². The molecular formula is C16H21BrN2OS. The number of halogens is 1. The van der Waals surface area contributed by atoms with E-state index in [1.807, 2.05) is 18.2 Å². The van der Waals surface area contributed by atoms with Gasteiger partial charge in [-0.25, -0.2) is 0 Å². The molecule has 0 unspecified atom stereocenters. The summed E-state index contributed by atoms with van der Waals surface area (Å²) in [4.78, 5) is 13.2. The molecule has 0 spiro atoms. The first-order valence-corrected chi connectivity index (χ1v) is 8.87. The number of hydrogen-bond donors (Lipinski definition) is 2. The zero-order valence-corrected chi connectivity index (χ0v) is 15.0. The summed E-state index contributed by atoms with van der Waals surface area (Å²) in [5, 5.41) is 4.14. The van der Waals surface area contributed by atoms with Crippen LogP contribution in [-0.4, -0.2) is 11.4 Å². The van der Waals surface area contributed by atoms with E-state index >= 15 is 0 Å². The molecule has 21 heavy (non-hydrogen) atoms. The molecule has 0 saturated heterocycles. The number of carbonyl (C=O) groups excluding carboxylic acids is 1. The van der Waals surface area contributed by atoms with Gasteiger partial charge in [0.05, 0.1) is 5.69 Å². The molecular weight excluding hydrogens is 348 g/mol. The maximum atomic E-state index is 12.6. The molecule has 0 radical (unpaired) electrons. The lowest BCUT2D eigenvalue weighted by atomic mass is 9.89. The first-order chi connectivity index (χ1) is 9.96. The molecule has 2 rings (SSSR count). The Morgan fingerprint density at radius 1 is 1.29 bits per heavy atom. The largest absolute Gasteiger partial charge is 0.397 e. The van der Waals surface area contributed by atoms with Gasteiger partial charge in [0.15, 0.2) is 0 Å². The van der Waals surface area contributed by atoms with Crippen molar-refractivity contribution in [1.29, 1.82) is 0 Å². The fourth-order valence-corrected chi connectivity index (χ4v) is 4.14. The second-order valence-corrected chi connectivity index (χ2v) is 7.25. The lowest BCUT2D eigenvalue weighted by Crippen LogP contribution is -2.47. The van der Waals surface area contributed by atoms with E-state index in [4.69, 9.17) is 5.73 Å². The highest BCUT2D eigenvalue weighted by Gasteiger charge is 2.28. The van der Waals surface area contributed by atoms with Crippen molar-refractivity contribution in [1.82, 2.24) is 5.32 Å². The maximum absolute atomic E-state index is 12.6. The molecule has 0 saturated carbocycles. The number of nitrogens with one attached hydrogen (secondary N) is 1. The average Bonchev–Trinajstić information content (AvgIpc) is 2.81.